The molecule has 0 aliphatic heterocycles. The van der Waals surface area contributed by atoms with Crippen LogP contribution in [0.25, 0.3) is 0 Å². The Morgan fingerprint density at radius 1 is 0.941 bits per heavy atom. The van der Waals surface area contributed by atoms with Gasteiger partial charge in [-0.2, -0.15) is 0 Å². The summed E-state index contributed by atoms with van der Waals surface area (Å²) >= 11 is 39.9. The molecule has 0 spiro atoms. The molecule has 0 radical (unpaired) electrons. The maximum atomic E-state index is 11.3. The molecular weight excluding hydrogens is 372 g/mol. The maximum Gasteiger partial charge on any atom is 0.252 e. The molecule has 0 saturated heterocycles. The molecule has 0 N–H and O–H groups in total. The minimum atomic E-state index is -1.93. The van der Waals surface area contributed by atoms with Crippen molar-refractivity contribution in [3.63, 3.8) is 0 Å². The van der Waals surface area contributed by atoms with E-state index in [1.165, 1.54) is 18.2 Å². The normalized spacial score (nSPS) is 12.6. The first-order valence-corrected chi connectivity index (χ1v) is 6.67. The molecule has 94 valence electrons. The fourth-order valence-corrected chi connectivity index (χ4v) is 2.50. The van der Waals surface area contributed by atoms with Crippen molar-refractivity contribution in [1.29, 1.82) is 0 Å². The number of alkyl halides is 6. The van der Waals surface area contributed by atoms with Crippen LogP contribution in [0.4, 0.5) is 0 Å². The van der Waals surface area contributed by atoms with E-state index in [9.17, 15) is 4.79 Å². The SMILES string of the molecule is O=C(Cl)c1cccc(C(Cl)(Cl)Cl)c1C(Cl)(Cl)Cl. The van der Waals surface area contributed by atoms with Crippen molar-refractivity contribution in [3.8, 4) is 0 Å². The lowest BCUT2D eigenvalue weighted by Crippen LogP contribution is -2.16. The first-order valence-electron chi connectivity index (χ1n) is 4.02. The predicted molar refractivity (Wildman–Crippen MR) is 75.1 cm³/mol. The largest absolute Gasteiger partial charge is 0.276 e. The molecule has 0 amide bonds. The number of carbonyl (C=O) groups excluding carboxylic acids is 1. The molecule has 1 rings (SSSR count). The quantitative estimate of drug-likeness (QED) is 0.453. The first kappa shape index (κ1) is 16.0. The van der Waals surface area contributed by atoms with Crippen molar-refractivity contribution >= 4 is 86.4 Å². The molecule has 1 aromatic rings. The average molecular weight is 375 g/mol. The van der Waals surface area contributed by atoms with E-state index in [0.29, 0.717) is 0 Å². The molecule has 0 bridgehead atoms. The number of hydrogen-bond donors (Lipinski definition) is 0. The zero-order chi connectivity index (χ0) is 13.4. The van der Waals surface area contributed by atoms with Crippen molar-refractivity contribution in [3.05, 3.63) is 34.9 Å². The van der Waals surface area contributed by atoms with Crippen LogP contribution in [0.1, 0.15) is 21.5 Å². The van der Waals surface area contributed by atoms with Crippen molar-refractivity contribution in [1.82, 2.24) is 0 Å². The fraction of sp³-hybridized carbons (Fsp3) is 0.222. The van der Waals surface area contributed by atoms with E-state index in [4.69, 9.17) is 81.2 Å². The number of benzene rings is 1. The number of hydrogen-bond acceptors (Lipinski definition) is 1. The summed E-state index contributed by atoms with van der Waals surface area (Å²) in [5.41, 5.74) is 0.0366. The smallest absolute Gasteiger partial charge is 0.252 e. The molecule has 0 unspecified atom stereocenters. The van der Waals surface area contributed by atoms with Crippen LogP contribution in [0.5, 0.6) is 0 Å². The second-order valence-corrected chi connectivity index (χ2v) is 7.90. The summed E-state index contributed by atoms with van der Waals surface area (Å²) in [7, 11) is 0. The molecule has 0 saturated carbocycles. The van der Waals surface area contributed by atoms with Crippen LogP contribution in [-0.2, 0) is 7.59 Å². The Morgan fingerprint density at radius 2 is 1.47 bits per heavy atom. The minimum absolute atomic E-state index is 0.0181. The highest BCUT2D eigenvalue weighted by atomic mass is 35.6. The third-order valence-electron chi connectivity index (χ3n) is 1.87. The summed E-state index contributed by atoms with van der Waals surface area (Å²) in [6.45, 7) is 0. The minimum Gasteiger partial charge on any atom is -0.276 e. The van der Waals surface area contributed by atoms with Gasteiger partial charge in [0.15, 0.2) is 0 Å². The summed E-state index contributed by atoms with van der Waals surface area (Å²) in [4.78, 5) is 11.3. The molecule has 0 atom stereocenters. The molecule has 0 aliphatic carbocycles. The van der Waals surface area contributed by atoms with Crippen molar-refractivity contribution in [2.45, 2.75) is 7.59 Å². The van der Waals surface area contributed by atoms with E-state index in [0.717, 1.165) is 0 Å². The van der Waals surface area contributed by atoms with E-state index >= 15 is 0 Å². The van der Waals surface area contributed by atoms with Crippen LogP contribution in [-0.4, -0.2) is 5.24 Å². The van der Waals surface area contributed by atoms with Gasteiger partial charge in [0.05, 0.1) is 0 Å². The van der Waals surface area contributed by atoms with E-state index in [1.54, 1.807) is 0 Å². The van der Waals surface area contributed by atoms with Crippen LogP contribution in [0.2, 0.25) is 0 Å². The summed E-state index contributed by atoms with van der Waals surface area (Å²) < 4.78 is -3.76. The lowest BCUT2D eigenvalue weighted by atomic mass is 10.0. The first-order chi connectivity index (χ1) is 7.55. The van der Waals surface area contributed by atoms with Crippen molar-refractivity contribution in [2.24, 2.45) is 0 Å². The summed E-state index contributed by atoms with van der Waals surface area (Å²) in [5.74, 6) is 0. The molecule has 0 heterocycles. The standard InChI is InChI=1S/C9H3Cl7O/c10-7(17)4-2-1-3-5(8(11,12)13)6(4)9(14,15)16/h1-3H. The third-order valence-corrected chi connectivity index (χ3v) is 3.25. The second kappa shape index (κ2) is 5.50. The molecule has 8 heteroatoms. The number of halogens is 7. The average Bonchev–Trinajstić information content (AvgIpc) is 2.13. The molecule has 1 aromatic carbocycles. The Labute approximate surface area is 133 Å². The van der Waals surface area contributed by atoms with Crippen molar-refractivity contribution < 1.29 is 4.79 Å². The van der Waals surface area contributed by atoms with Gasteiger partial charge in [-0.25, -0.2) is 0 Å². The molecule has 0 aliphatic rings. The Balaban J connectivity index is 3.64. The summed E-state index contributed by atoms with van der Waals surface area (Å²) in [6, 6.07) is 4.30. The van der Waals surface area contributed by atoms with Crippen LogP contribution < -0.4 is 0 Å². The summed E-state index contributed by atoms with van der Waals surface area (Å²) in [6.07, 6.45) is 0. The van der Waals surface area contributed by atoms with E-state index in [2.05, 4.69) is 0 Å². The number of rotatable bonds is 1. The van der Waals surface area contributed by atoms with Gasteiger partial charge in [0, 0.05) is 16.7 Å². The number of carbonyl (C=O) groups is 1. The van der Waals surface area contributed by atoms with Gasteiger partial charge in [-0.15, -0.1) is 0 Å². The van der Waals surface area contributed by atoms with Crippen LogP contribution >= 0.6 is 81.2 Å². The highest BCUT2D eigenvalue weighted by Crippen LogP contribution is 2.49. The van der Waals surface area contributed by atoms with Crippen LogP contribution in [0.15, 0.2) is 18.2 Å². The van der Waals surface area contributed by atoms with Crippen LogP contribution in [0, 0.1) is 0 Å². The Hall–Kier alpha value is 0.920. The van der Waals surface area contributed by atoms with Gasteiger partial charge < -0.3 is 0 Å². The lowest BCUT2D eigenvalue weighted by molar-refractivity contribution is 0.108. The predicted octanol–water partition coefficient (Wildman–Crippen LogP) is 5.72. The zero-order valence-corrected chi connectivity index (χ0v) is 13.1. The monoisotopic (exact) mass is 372 g/mol. The maximum absolute atomic E-state index is 11.3. The molecule has 0 aromatic heterocycles. The zero-order valence-electron chi connectivity index (χ0n) is 7.79. The summed E-state index contributed by atoms with van der Waals surface area (Å²) in [5, 5.41) is -0.803. The fourth-order valence-electron chi connectivity index (χ4n) is 1.26. The molecular formula is C9H3Cl7O. The Kier molecular flexibility index (Phi) is 5.17. The van der Waals surface area contributed by atoms with Gasteiger partial charge in [0.25, 0.3) is 5.24 Å². The van der Waals surface area contributed by atoms with Crippen LogP contribution in [0.3, 0.4) is 0 Å². The third kappa shape index (κ3) is 3.94. The van der Waals surface area contributed by atoms with Gasteiger partial charge >= 0.3 is 0 Å². The highest BCUT2D eigenvalue weighted by molar-refractivity contribution is 6.71. The molecule has 17 heavy (non-hydrogen) atoms. The topological polar surface area (TPSA) is 17.1 Å². The molecule has 1 nitrogen and oxygen atoms in total. The van der Waals surface area contributed by atoms with Gasteiger partial charge in [-0.05, 0) is 17.7 Å². The van der Waals surface area contributed by atoms with Crippen molar-refractivity contribution in [2.75, 3.05) is 0 Å². The lowest BCUT2D eigenvalue weighted by Gasteiger charge is -2.23. The molecule has 0 fully saturated rings. The highest BCUT2D eigenvalue weighted by Gasteiger charge is 2.37. The van der Waals surface area contributed by atoms with E-state index in [-0.39, 0.29) is 16.7 Å². The van der Waals surface area contributed by atoms with Gasteiger partial charge in [-0.1, -0.05) is 81.7 Å². The van der Waals surface area contributed by atoms with Gasteiger partial charge in [0.2, 0.25) is 7.59 Å². The Morgan fingerprint density at radius 3 is 1.82 bits per heavy atom. The van der Waals surface area contributed by atoms with Gasteiger partial charge in [-0.3, -0.25) is 4.79 Å². The Bertz CT molecular complexity index is 444. The van der Waals surface area contributed by atoms with E-state index < -0.39 is 12.8 Å². The second-order valence-electron chi connectivity index (χ2n) is 3.00. The van der Waals surface area contributed by atoms with Gasteiger partial charge in [0.1, 0.15) is 0 Å². The van der Waals surface area contributed by atoms with E-state index in [1.807, 2.05) is 0 Å².